The van der Waals surface area contributed by atoms with Crippen LogP contribution in [0.3, 0.4) is 0 Å². The Kier molecular flexibility index (Phi) is 3.09. The Morgan fingerprint density at radius 2 is 2.00 bits per heavy atom. The Morgan fingerprint density at radius 3 is 2.46 bits per heavy atom. The molecule has 0 amide bonds. The Hall–Kier alpha value is -1.77. The predicted octanol–water partition coefficient (Wildman–Crippen LogP) is 1.16. The Morgan fingerprint density at radius 1 is 1.38 bits per heavy atom. The third-order valence-electron chi connectivity index (χ3n) is 1.66. The quantitative estimate of drug-likeness (QED) is 0.544. The van der Waals surface area contributed by atoms with Gasteiger partial charge in [0.05, 0.1) is 12.7 Å². The summed E-state index contributed by atoms with van der Waals surface area (Å²) in [5, 5.41) is 0. The molecule has 0 saturated heterocycles. The van der Waals surface area contributed by atoms with Crippen LogP contribution in [-0.2, 0) is 9.53 Å². The number of rotatable bonds is 2. The maximum absolute atomic E-state index is 11.2. The number of esters is 1. The summed E-state index contributed by atoms with van der Waals surface area (Å²) in [5.41, 5.74) is 6.46. The van der Waals surface area contributed by atoms with Crippen LogP contribution in [0, 0.1) is 0 Å². The molecule has 3 heteroatoms. The number of hydrogen-bond acceptors (Lipinski definition) is 3. The van der Waals surface area contributed by atoms with E-state index in [9.17, 15) is 4.79 Å². The number of carbonyl (C=O) groups excluding carboxylic acids is 1. The topological polar surface area (TPSA) is 52.3 Å². The van der Waals surface area contributed by atoms with Gasteiger partial charge in [-0.2, -0.15) is 0 Å². The first-order valence-electron chi connectivity index (χ1n) is 3.85. The van der Waals surface area contributed by atoms with Crippen molar-refractivity contribution in [2.24, 2.45) is 5.73 Å². The van der Waals surface area contributed by atoms with Gasteiger partial charge in [0.25, 0.3) is 0 Å². The minimum Gasteiger partial charge on any atom is -0.465 e. The van der Waals surface area contributed by atoms with Gasteiger partial charge < -0.3 is 10.5 Å². The van der Waals surface area contributed by atoms with E-state index in [2.05, 4.69) is 4.74 Å². The molecule has 68 valence electrons. The summed E-state index contributed by atoms with van der Waals surface area (Å²) in [6.45, 7) is 0. The number of hydrogen-bond donors (Lipinski definition) is 1. The number of benzene rings is 1. The van der Waals surface area contributed by atoms with Crippen LogP contribution in [-0.4, -0.2) is 13.1 Å². The minimum absolute atomic E-state index is 0.378. The lowest BCUT2D eigenvalue weighted by molar-refractivity contribution is -0.133. The van der Waals surface area contributed by atoms with E-state index >= 15 is 0 Å². The van der Waals surface area contributed by atoms with Gasteiger partial charge in [0.2, 0.25) is 0 Å². The highest BCUT2D eigenvalue weighted by Gasteiger charge is 2.10. The molecule has 0 spiro atoms. The van der Waals surface area contributed by atoms with Crippen LogP contribution in [0.5, 0.6) is 0 Å². The summed E-state index contributed by atoms with van der Waals surface area (Å²) in [7, 11) is 1.33. The van der Waals surface area contributed by atoms with Gasteiger partial charge in [-0.3, -0.25) is 0 Å². The van der Waals surface area contributed by atoms with Crippen molar-refractivity contribution in [3.63, 3.8) is 0 Å². The number of carbonyl (C=O) groups is 1. The van der Waals surface area contributed by atoms with Crippen molar-refractivity contribution in [2.75, 3.05) is 7.11 Å². The fourth-order valence-electron chi connectivity index (χ4n) is 1.01. The maximum Gasteiger partial charge on any atom is 0.339 e. The highest BCUT2D eigenvalue weighted by atomic mass is 16.5. The molecular formula is C10H11NO2. The van der Waals surface area contributed by atoms with Gasteiger partial charge in [0, 0.05) is 6.20 Å². The molecule has 3 nitrogen and oxygen atoms in total. The zero-order valence-corrected chi connectivity index (χ0v) is 7.36. The van der Waals surface area contributed by atoms with E-state index in [1.54, 1.807) is 12.1 Å². The van der Waals surface area contributed by atoms with E-state index in [4.69, 9.17) is 5.73 Å². The predicted molar refractivity (Wildman–Crippen MR) is 50.6 cm³/mol. The minimum atomic E-state index is -0.422. The number of nitrogens with two attached hydrogens (primary N) is 1. The van der Waals surface area contributed by atoms with Crippen LogP contribution < -0.4 is 5.73 Å². The summed E-state index contributed by atoms with van der Waals surface area (Å²) in [5.74, 6) is -0.422. The Labute approximate surface area is 76.8 Å². The number of ether oxygens (including phenoxy) is 1. The van der Waals surface area contributed by atoms with Crippen LogP contribution in [0.1, 0.15) is 5.56 Å². The van der Waals surface area contributed by atoms with E-state index in [0.717, 1.165) is 5.56 Å². The van der Waals surface area contributed by atoms with Crippen LogP contribution in [0.15, 0.2) is 36.5 Å². The lowest BCUT2D eigenvalue weighted by Gasteiger charge is -2.03. The molecule has 1 rings (SSSR count). The lowest BCUT2D eigenvalue weighted by atomic mass is 10.1. The second-order valence-electron chi connectivity index (χ2n) is 2.44. The SMILES string of the molecule is COC(=O)C(=CN)c1ccccc1. The Bertz CT molecular complexity index is 317. The van der Waals surface area contributed by atoms with Crippen molar-refractivity contribution in [2.45, 2.75) is 0 Å². The average molecular weight is 177 g/mol. The van der Waals surface area contributed by atoms with Crippen molar-refractivity contribution in [3.8, 4) is 0 Å². The average Bonchev–Trinajstić information content (AvgIpc) is 2.20. The van der Waals surface area contributed by atoms with Crippen molar-refractivity contribution < 1.29 is 9.53 Å². The summed E-state index contributed by atoms with van der Waals surface area (Å²) >= 11 is 0. The molecule has 0 aliphatic rings. The molecule has 13 heavy (non-hydrogen) atoms. The highest BCUT2D eigenvalue weighted by molar-refractivity contribution is 6.16. The molecule has 0 atom stereocenters. The van der Waals surface area contributed by atoms with Gasteiger partial charge in [0.1, 0.15) is 0 Å². The fraction of sp³-hybridized carbons (Fsp3) is 0.100. The molecule has 0 unspecified atom stereocenters. The van der Waals surface area contributed by atoms with E-state index < -0.39 is 5.97 Å². The molecule has 0 aliphatic carbocycles. The summed E-state index contributed by atoms with van der Waals surface area (Å²) in [4.78, 5) is 11.2. The van der Waals surface area contributed by atoms with Gasteiger partial charge in [0.15, 0.2) is 0 Å². The lowest BCUT2D eigenvalue weighted by Crippen LogP contribution is -2.05. The first kappa shape index (κ1) is 9.32. The second kappa shape index (κ2) is 4.30. The summed E-state index contributed by atoms with van der Waals surface area (Å²) in [6.07, 6.45) is 1.25. The van der Waals surface area contributed by atoms with Gasteiger partial charge in [-0.1, -0.05) is 30.3 Å². The standard InChI is InChI=1S/C10H11NO2/c1-13-10(12)9(7-11)8-5-3-2-4-6-8/h2-7H,11H2,1H3. The molecule has 0 aromatic heterocycles. The van der Waals surface area contributed by atoms with E-state index in [0.29, 0.717) is 5.57 Å². The largest absolute Gasteiger partial charge is 0.465 e. The fourth-order valence-corrected chi connectivity index (χ4v) is 1.01. The molecule has 2 N–H and O–H groups in total. The highest BCUT2D eigenvalue weighted by Crippen LogP contribution is 2.13. The summed E-state index contributed by atoms with van der Waals surface area (Å²) < 4.78 is 4.57. The maximum atomic E-state index is 11.2. The van der Waals surface area contributed by atoms with E-state index in [1.807, 2.05) is 18.2 Å². The van der Waals surface area contributed by atoms with Crippen molar-refractivity contribution >= 4 is 11.5 Å². The first-order chi connectivity index (χ1) is 6.29. The van der Waals surface area contributed by atoms with Crippen molar-refractivity contribution in [1.82, 2.24) is 0 Å². The van der Waals surface area contributed by atoms with Gasteiger partial charge in [-0.15, -0.1) is 0 Å². The molecular weight excluding hydrogens is 166 g/mol. The monoisotopic (exact) mass is 177 g/mol. The first-order valence-corrected chi connectivity index (χ1v) is 3.85. The molecule has 0 heterocycles. The molecule has 0 fully saturated rings. The third-order valence-corrected chi connectivity index (χ3v) is 1.66. The van der Waals surface area contributed by atoms with E-state index in [-0.39, 0.29) is 0 Å². The Balaban J connectivity index is 3.00. The zero-order valence-electron chi connectivity index (χ0n) is 7.36. The van der Waals surface area contributed by atoms with Crippen molar-refractivity contribution in [3.05, 3.63) is 42.1 Å². The number of methoxy groups -OCH3 is 1. The zero-order chi connectivity index (χ0) is 9.68. The van der Waals surface area contributed by atoms with Crippen LogP contribution in [0.4, 0.5) is 0 Å². The van der Waals surface area contributed by atoms with Crippen LogP contribution in [0.2, 0.25) is 0 Å². The third kappa shape index (κ3) is 2.08. The summed E-state index contributed by atoms with van der Waals surface area (Å²) in [6, 6.07) is 9.14. The molecule has 0 bridgehead atoms. The molecule has 0 aliphatic heterocycles. The van der Waals surface area contributed by atoms with E-state index in [1.165, 1.54) is 13.3 Å². The van der Waals surface area contributed by atoms with Crippen LogP contribution >= 0.6 is 0 Å². The second-order valence-corrected chi connectivity index (χ2v) is 2.44. The molecule has 0 radical (unpaired) electrons. The molecule has 1 aromatic rings. The molecule has 0 saturated carbocycles. The normalized spacial score (nSPS) is 11.0. The van der Waals surface area contributed by atoms with Crippen LogP contribution in [0.25, 0.3) is 5.57 Å². The van der Waals surface area contributed by atoms with Gasteiger partial charge in [-0.05, 0) is 5.56 Å². The molecule has 1 aromatic carbocycles. The van der Waals surface area contributed by atoms with Gasteiger partial charge >= 0.3 is 5.97 Å². The van der Waals surface area contributed by atoms with Crippen molar-refractivity contribution in [1.29, 1.82) is 0 Å². The smallest absolute Gasteiger partial charge is 0.339 e. The van der Waals surface area contributed by atoms with Gasteiger partial charge in [-0.25, -0.2) is 4.79 Å².